The van der Waals surface area contributed by atoms with Crippen LogP contribution in [0.15, 0.2) is 34.3 Å². The van der Waals surface area contributed by atoms with Crippen LogP contribution in [0.3, 0.4) is 0 Å². The third-order valence-corrected chi connectivity index (χ3v) is 5.85. The largest absolute Gasteiger partial charge is 2.00 e. The Morgan fingerprint density at radius 2 is 1.13 bits per heavy atom. The molecule has 209 valence electrons. The van der Waals surface area contributed by atoms with Crippen molar-refractivity contribution >= 4 is 24.4 Å². The van der Waals surface area contributed by atoms with Gasteiger partial charge in [-0.05, 0) is 94.2 Å². The van der Waals surface area contributed by atoms with Crippen LogP contribution >= 0.6 is 0 Å². The zero-order valence-electron chi connectivity index (χ0n) is 22.9. The van der Waals surface area contributed by atoms with Crippen molar-refractivity contribution in [1.29, 1.82) is 0 Å². The summed E-state index contributed by atoms with van der Waals surface area (Å²) in [5.74, 6) is -1.55. The molecule has 1 fully saturated rings. The monoisotopic (exact) mass is 569 g/mol. The number of phenols is 2. The van der Waals surface area contributed by atoms with Crippen LogP contribution in [0.25, 0.3) is 0 Å². The first-order valence-electron chi connectivity index (χ1n) is 12.5. The summed E-state index contributed by atoms with van der Waals surface area (Å²) < 4.78 is 0. The number of nitrogens with zero attached hydrogens (tertiary/aromatic N) is 2. The Kier molecular flexibility index (Phi) is 15.9. The predicted molar refractivity (Wildman–Crippen MR) is 142 cm³/mol. The minimum Gasteiger partial charge on any atom is -0.550 e. The fraction of sp³-hybridized carbons (Fsp3) is 0.448. The summed E-state index contributed by atoms with van der Waals surface area (Å²) in [5.41, 5.74) is 5.72. The summed E-state index contributed by atoms with van der Waals surface area (Å²) >= 11 is 0. The Morgan fingerprint density at radius 3 is 1.42 bits per heavy atom. The topological polar surface area (TPSA) is 145 Å². The first kappa shape index (κ1) is 34.8. The fourth-order valence-electron chi connectivity index (χ4n) is 3.99. The maximum absolute atomic E-state index is 10.4. The van der Waals surface area contributed by atoms with E-state index in [2.05, 4.69) is 13.8 Å². The van der Waals surface area contributed by atoms with Gasteiger partial charge in [0.1, 0.15) is 11.5 Å². The number of hydrogen-bond donors (Lipinski definition) is 2. The number of hydrogen-bond acceptors (Lipinski definition) is 8. The van der Waals surface area contributed by atoms with Gasteiger partial charge in [-0.3, -0.25) is 9.98 Å². The van der Waals surface area contributed by atoms with E-state index in [4.69, 9.17) is 29.8 Å². The Labute approximate surface area is 235 Å². The molecule has 0 heterocycles. The zero-order chi connectivity index (χ0) is 28.1. The van der Waals surface area contributed by atoms with Crippen molar-refractivity contribution in [3.63, 3.8) is 0 Å². The van der Waals surface area contributed by atoms with E-state index in [0.29, 0.717) is 11.5 Å². The van der Waals surface area contributed by atoms with E-state index in [1.54, 1.807) is 12.4 Å². The number of aromatic hydroxyl groups is 2. The van der Waals surface area contributed by atoms with E-state index in [-0.39, 0.29) is 28.9 Å². The van der Waals surface area contributed by atoms with Gasteiger partial charge in [0.2, 0.25) is 0 Å². The van der Waals surface area contributed by atoms with Gasteiger partial charge in [0.25, 0.3) is 0 Å². The van der Waals surface area contributed by atoms with Crippen molar-refractivity contribution < 1.29 is 46.8 Å². The minimum atomic E-state index is -1.08. The van der Waals surface area contributed by atoms with Gasteiger partial charge in [0, 0.05) is 35.5 Å². The molecule has 2 aromatic rings. The first-order valence-corrected chi connectivity index (χ1v) is 12.5. The van der Waals surface area contributed by atoms with E-state index in [1.165, 1.54) is 11.1 Å². The third kappa shape index (κ3) is 11.9. The maximum atomic E-state index is 10.4. The van der Waals surface area contributed by atoms with Crippen molar-refractivity contribution in [3.05, 3.63) is 57.6 Å². The van der Waals surface area contributed by atoms with Crippen LogP contribution in [0.4, 0.5) is 0 Å². The van der Waals surface area contributed by atoms with Crippen LogP contribution in [0, 0.1) is 13.8 Å². The number of carbonyl (C=O) groups is 2. The van der Waals surface area contributed by atoms with Gasteiger partial charge in [-0.1, -0.05) is 26.0 Å². The van der Waals surface area contributed by atoms with Crippen molar-refractivity contribution in [3.8, 4) is 11.5 Å². The molecule has 0 bridgehead atoms. The van der Waals surface area contributed by atoms with Crippen LogP contribution < -0.4 is 10.2 Å². The molecule has 1 aliphatic rings. The van der Waals surface area contributed by atoms with Crippen LogP contribution in [-0.4, -0.2) is 46.7 Å². The Hall–Kier alpha value is -3.17. The minimum absolute atomic E-state index is 0. The standard InChI is InChI=1S/C25H32N2O2.2C2H4O2.Co/c1-5-18-10-16(3)24(28)20(12-18)14-26-22-8-7-9-23(22)27-15-21-13-19(6-2)11-17(4)25(21)29;2*1-2(3)4;/h10-15,22-23,28-29H,5-9H2,1-4H3;2*1H3,(H,3,4);/q;;;+2/p-2. The van der Waals surface area contributed by atoms with Gasteiger partial charge < -0.3 is 30.0 Å². The van der Waals surface area contributed by atoms with Crippen LogP contribution in [0.2, 0.25) is 0 Å². The molecule has 0 aliphatic heterocycles. The van der Waals surface area contributed by atoms with Crippen molar-refractivity contribution in [1.82, 2.24) is 0 Å². The molecule has 0 aromatic heterocycles. The number of carboxylic acids is 2. The molecule has 2 unspecified atom stereocenters. The zero-order valence-corrected chi connectivity index (χ0v) is 24.0. The number of aryl methyl sites for hydroxylation is 4. The summed E-state index contributed by atoms with van der Waals surface area (Å²) in [7, 11) is 0. The number of aliphatic imine (C=N–C) groups is 2. The second-order valence-electron chi connectivity index (χ2n) is 9.01. The summed E-state index contributed by atoms with van der Waals surface area (Å²) in [5, 5.41) is 38.5. The molecular formula is C29H38CoN2O6. The summed E-state index contributed by atoms with van der Waals surface area (Å²) in [6, 6.07) is 8.27. The van der Waals surface area contributed by atoms with Crippen molar-refractivity contribution in [2.75, 3.05) is 0 Å². The Balaban J connectivity index is 0.00000134. The first-order chi connectivity index (χ1) is 17.4. The van der Waals surface area contributed by atoms with Gasteiger partial charge >= 0.3 is 16.8 Å². The molecule has 1 radical (unpaired) electrons. The second kappa shape index (κ2) is 17.4. The fourth-order valence-corrected chi connectivity index (χ4v) is 3.99. The smallest absolute Gasteiger partial charge is 0.550 e. The second-order valence-corrected chi connectivity index (χ2v) is 9.01. The SMILES string of the molecule is CC(=O)[O-].CC(=O)[O-].CCc1cc(C)c(O)c(C=NC2CCCC2N=Cc2cc(CC)cc(C)c2O)c1.[Co+2]. The van der Waals surface area contributed by atoms with E-state index in [0.717, 1.165) is 68.2 Å². The number of carboxylic acid groups (broad SMARTS) is 2. The van der Waals surface area contributed by atoms with E-state index >= 15 is 0 Å². The van der Waals surface area contributed by atoms with Gasteiger partial charge in [0.05, 0.1) is 12.1 Å². The number of benzene rings is 2. The third-order valence-electron chi connectivity index (χ3n) is 5.85. The molecule has 2 aromatic carbocycles. The van der Waals surface area contributed by atoms with E-state index in [1.807, 2.05) is 38.1 Å². The summed E-state index contributed by atoms with van der Waals surface area (Å²) in [6.45, 7) is 10.0. The Morgan fingerprint density at radius 1 is 0.816 bits per heavy atom. The van der Waals surface area contributed by atoms with Gasteiger partial charge in [-0.15, -0.1) is 0 Å². The molecule has 0 saturated heterocycles. The molecule has 2 N–H and O–H groups in total. The van der Waals surface area contributed by atoms with Gasteiger partial charge in [0.15, 0.2) is 0 Å². The molecule has 1 saturated carbocycles. The van der Waals surface area contributed by atoms with Crippen molar-refractivity contribution in [2.45, 2.75) is 85.7 Å². The average molecular weight is 570 g/mol. The van der Waals surface area contributed by atoms with E-state index in [9.17, 15) is 10.2 Å². The maximum Gasteiger partial charge on any atom is 2.00 e. The number of phenolic OH excluding ortho intramolecular Hbond substituents is 2. The molecular weight excluding hydrogens is 531 g/mol. The van der Waals surface area contributed by atoms with E-state index < -0.39 is 11.9 Å². The molecule has 0 amide bonds. The van der Waals surface area contributed by atoms with Crippen LogP contribution in [-0.2, 0) is 39.2 Å². The summed E-state index contributed by atoms with van der Waals surface area (Å²) in [6.07, 6.45) is 8.54. The summed E-state index contributed by atoms with van der Waals surface area (Å²) in [4.78, 5) is 27.3. The molecule has 0 spiro atoms. The predicted octanol–water partition coefficient (Wildman–Crippen LogP) is 2.81. The normalized spacial score (nSPS) is 16.3. The molecule has 38 heavy (non-hydrogen) atoms. The van der Waals surface area contributed by atoms with Gasteiger partial charge in [-0.2, -0.15) is 0 Å². The van der Waals surface area contributed by atoms with Crippen LogP contribution in [0.1, 0.15) is 80.3 Å². The van der Waals surface area contributed by atoms with Crippen molar-refractivity contribution in [2.24, 2.45) is 9.98 Å². The quantitative estimate of drug-likeness (QED) is 0.512. The van der Waals surface area contributed by atoms with Crippen LogP contribution in [0.5, 0.6) is 11.5 Å². The number of carbonyl (C=O) groups excluding carboxylic acids is 2. The molecule has 1 aliphatic carbocycles. The van der Waals surface area contributed by atoms with Gasteiger partial charge in [-0.25, -0.2) is 0 Å². The number of aliphatic carboxylic acids is 2. The molecule has 3 rings (SSSR count). The Bertz CT molecular complexity index is 1040. The number of rotatable bonds is 6. The average Bonchev–Trinajstić information content (AvgIpc) is 3.27. The molecule has 9 heteroatoms. The molecule has 2 atom stereocenters. The molecule has 8 nitrogen and oxygen atoms in total.